The molecule has 6 heteroatoms. The van der Waals surface area contributed by atoms with E-state index in [4.69, 9.17) is 27.9 Å². The average molecular weight is 359 g/mol. The number of amides is 1. The fourth-order valence-electron chi connectivity index (χ4n) is 2.00. The molecule has 1 amide bonds. The third-order valence-electron chi connectivity index (χ3n) is 3.16. The zero-order valence-corrected chi connectivity index (χ0v) is 13.9. The minimum absolute atomic E-state index is 0.249. The van der Waals surface area contributed by atoms with Crippen LogP contribution in [0.2, 0.25) is 10.0 Å². The Bertz CT molecular complexity index is 853. The third kappa shape index (κ3) is 4.04. The summed E-state index contributed by atoms with van der Waals surface area (Å²) < 4.78 is 5.63. The SMILES string of the molecule is O=C(Nc1ccc(Cl)c(Cl)c1)c1ccc(Oc2cccnc2)cc1. The highest BCUT2D eigenvalue weighted by atomic mass is 35.5. The fraction of sp³-hybridized carbons (Fsp3) is 0. The van der Waals surface area contributed by atoms with E-state index in [9.17, 15) is 4.79 Å². The summed E-state index contributed by atoms with van der Waals surface area (Å²) in [4.78, 5) is 16.2. The second-order valence-electron chi connectivity index (χ2n) is 4.90. The van der Waals surface area contributed by atoms with Gasteiger partial charge in [0.05, 0.1) is 16.2 Å². The van der Waals surface area contributed by atoms with Crippen LogP contribution in [0.3, 0.4) is 0 Å². The molecule has 120 valence electrons. The van der Waals surface area contributed by atoms with E-state index in [0.717, 1.165) is 0 Å². The molecule has 4 nitrogen and oxygen atoms in total. The maximum absolute atomic E-state index is 12.2. The van der Waals surface area contributed by atoms with E-state index in [-0.39, 0.29) is 5.91 Å². The van der Waals surface area contributed by atoms with Gasteiger partial charge in [-0.1, -0.05) is 23.2 Å². The quantitative estimate of drug-likeness (QED) is 0.676. The van der Waals surface area contributed by atoms with Crippen LogP contribution in [0.5, 0.6) is 11.5 Å². The van der Waals surface area contributed by atoms with Crippen molar-refractivity contribution in [2.24, 2.45) is 0 Å². The number of nitrogens with zero attached hydrogens (tertiary/aromatic N) is 1. The number of carbonyl (C=O) groups excluding carboxylic acids is 1. The zero-order valence-electron chi connectivity index (χ0n) is 12.4. The second-order valence-corrected chi connectivity index (χ2v) is 5.71. The van der Waals surface area contributed by atoms with E-state index < -0.39 is 0 Å². The Morgan fingerprint density at radius 1 is 0.958 bits per heavy atom. The summed E-state index contributed by atoms with van der Waals surface area (Å²) in [7, 11) is 0. The van der Waals surface area contributed by atoms with Crippen molar-refractivity contribution < 1.29 is 9.53 Å². The fourth-order valence-corrected chi connectivity index (χ4v) is 2.29. The van der Waals surface area contributed by atoms with Crippen LogP contribution in [0.15, 0.2) is 67.0 Å². The molecular formula is C18H12Cl2N2O2. The standard InChI is InChI=1S/C18H12Cl2N2O2/c19-16-8-5-13(10-17(16)20)22-18(23)12-3-6-14(7-4-12)24-15-2-1-9-21-11-15/h1-11H,(H,22,23). The lowest BCUT2D eigenvalue weighted by Gasteiger charge is -2.08. The van der Waals surface area contributed by atoms with Crippen LogP contribution in [0.4, 0.5) is 5.69 Å². The van der Waals surface area contributed by atoms with E-state index in [1.807, 2.05) is 0 Å². The first kappa shape index (κ1) is 16.3. The minimum Gasteiger partial charge on any atom is -0.456 e. The molecule has 0 unspecified atom stereocenters. The molecular weight excluding hydrogens is 347 g/mol. The lowest BCUT2D eigenvalue weighted by molar-refractivity contribution is 0.102. The van der Waals surface area contributed by atoms with Gasteiger partial charge < -0.3 is 10.1 Å². The van der Waals surface area contributed by atoms with Crippen LogP contribution in [0.1, 0.15) is 10.4 Å². The third-order valence-corrected chi connectivity index (χ3v) is 3.90. The van der Waals surface area contributed by atoms with Crippen molar-refractivity contribution in [3.63, 3.8) is 0 Å². The normalized spacial score (nSPS) is 10.2. The number of pyridine rings is 1. The van der Waals surface area contributed by atoms with E-state index in [0.29, 0.717) is 32.8 Å². The van der Waals surface area contributed by atoms with E-state index in [1.165, 1.54) is 0 Å². The number of rotatable bonds is 4. The number of anilines is 1. The van der Waals surface area contributed by atoms with Crippen molar-refractivity contribution >= 4 is 34.8 Å². The molecule has 0 radical (unpaired) electrons. The number of hydrogen-bond donors (Lipinski definition) is 1. The first-order valence-electron chi connectivity index (χ1n) is 7.06. The molecule has 2 aromatic carbocycles. The number of halogens is 2. The van der Waals surface area contributed by atoms with E-state index in [2.05, 4.69) is 10.3 Å². The van der Waals surface area contributed by atoms with Crippen LogP contribution in [-0.4, -0.2) is 10.9 Å². The molecule has 24 heavy (non-hydrogen) atoms. The molecule has 1 heterocycles. The van der Waals surface area contributed by atoms with Crippen molar-refractivity contribution in [3.05, 3.63) is 82.6 Å². The predicted octanol–water partition coefficient (Wildman–Crippen LogP) is 5.43. The maximum atomic E-state index is 12.2. The van der Waals surface area contributed by atoms with Crippen LogP contribution in [0.25, 0.3) is 0 Å². The molecule has 0 fully saturated rings. The second kappa shape index (κ2) is 7.34. The number of nitrogens with one attached hydrogen (secondary N) is 1. The van der Waals surface area contributed by atoms with Gasteiger partial charge in [0.25, 0.3) is 5.91 Å². The monoisotopic (exact) mass is 358 g/mol. The number of aromatic nitrogens is 1. The molecule has 0 saturated heterocycles. The molecule has 1 aromatic heterocycles. The summed E-state index contributed by atoms with van der Waals surface area (Å²) in [6.45, 7) is 0. The van der Waals surface area contributed by atoms with Gasteiger partial charge >= 0.3 is 0 Å². The van der Waals surface area contributed by atoms with Gasteiger partial charge in [-0.2, -0.15) is 0 Å². The molecule has 0 aliphatic heterocycles. The summed E-state index contributed by atoms with van der Waals surface area (Å²) in [6, 6.07) is 15.3. The van der Waals surface area contributed by atoms with Gasteiger partial charge in [-0.25, -0.2) is 0 Å². The molecule has 0 aliphatic carbocycles. The molecule has 3 aromatic rings. The van der Waals surface area contributed by atoms with Gasteiger partial charge in [-0.3, -0.25) is 9.78 Å². The number of carbonyl (C=O) groups is 1. The summed E-state index contributed by atoms with van der Waals surface area (Å²) in [5.74, 6) is 1.00. The van der Waals surface area contributed by atoms with E-state index in [1.54, 1.807) is 67.0 Å². The molecule has 0 atom stereocenters. The Balaban J connectivity index is 1.68. The highest BCUT2D eigenvalue weighted by molar-refractivity contribution is 6.42. The van der Waals surface area contributed by atoms with Gasteiger partial charge in [-0.05, 0) is 54.6 Å². The first-order chi connectivity index (χ1) is 11.6. The predicted molar refractivity (Wildman–Crippen MR) is 95.2 cm³/mol. The minimum atomic E-state index is -0.249. The highest BCUT2D eigenvalue weighted by Crippen LogP contribution is 2.25. The molecule has 3 rings (SSSR count). The van der Waals surface area contributed by atoms with Crippen molar-refractivity contribution in [1.82, 2.24) is 4.98 Å². The largest absolute Gasteiger partial charge is 0.456 e. The number of benzene rings is 2. The number of ether oxygens (including phenoxy) is 1. The van der Waals surface area contributed by atoms with Crippen LogP contribution in [0, 0.1) is 0 Å². The number of hydrogen-bond acceptors (Lipinski definition) is 3. The maximum Gasteiger partial charge on any atom is 0.255 e. The summed E-state index contributed by atoms with van der Waals surface area (Å²) in [6.07, 6.45) is 3.29. The van der Waals surface area contributed by atoms with Crippen LogP contribution >= 0.6 is 23.2 Å². The molecule has 0 saturated carbocycles. The summed E-state index contributed by atoms with van der Waals surface area (Å²) in [5.41, 5.74) is 1.07. The van der Waals surface area contributed by atoms with Crippen molar-refractivity contribution in [2.45, 2.75) is 0 Å². The van der Waals surface area contributed by atoms with Gasteiger partial charge in [0, 0.05) is 17.4 Å². The zero-order chi connectivity index (χ0) is 16.9. The Morgan fingerprint density at radius 3 is 2.42 bits per heavy atom. The van der Waals surface area contributed by atoms with Crippen LogP contribution < -0.4 is 10.1 Å². The summed E-state index contributed by atoms with van der Waals surface area (Å²) in [5, 5.41) is 3.58. The topological polar surface area (TPSA) is 51.2 Å². The Labute approximate surface area is 149 Å². The first-order valence-corrected chi connectivity index (χ1v) is 7.82. The van der Waals surface area contributed by atoms with Gasteiger partial charge in [-0.15, -0.1) is 0 Å². The van der Waals surface area contributed by atoms with Gasteiger partial charge in [0.2, 0.25) is 0 Å². The molecule has 1 N–H and O–H groups in total. The van der Waals surface area contributed by atoms with Crippen LogP contribution in [-0.2, 0) is 0 Å². The van der Waals surface area contributed by atoms with Crippen molar-refractivity contribution in [3.8, 4) is 11.5 Å². The lowest BCUT2D eigenvalue weighted by Crippen LogP contribution is -2.11. The molecule has 0 bridgehead atoms. The lowest BCUT2D eigenvalue weighted by atomic mass is 10.2. The highest BCUT2D eigenvalue weighted by Gasteiger charge is 2.08. The Hall–Kier alpha value is -2.56. The van der Waals surface area contributed by atoms with Crippen molar-refractivity contribution in [2.75, 3.05) is 5.32 Å². The van der Waals surface area contributed by atoms with Gasteiger partial charge in [0.1, 0.15) is 11.5 Å². The Morgan fingerprint density at radius 2 is 1.75 bits per heavy atom. The average Bonchev–Trinajstić information content (AvgIpc) is 2.60. The van der Waals surface area contributed by atoms with Gasteiger partial charge in [0.15, 0.2) is 0 Å². The smallest absolute Gasteiger partial charge is 0.255 e. The van der Waals surface area contributed by atoms with Crippen molar-refractivity contribution in [1.29, 1.82) is 0 Å². The molecule has 0 spiro atoms. The molecule has 0 aliphatic rings. The summed E-state index contributed by atoms with van der Waals surface area (Å²) >= 11 is 11.8. The Kier molecular flexibility index (Phi) is 4.99. The van der Waals surface area contributed by atoms with E-state index >= 15 is 0 Å².